The van der Waals surface area contributed by atoms with Crippen LogP contribution in [0.3, 0.4) is 0 Å². The Bertz CT molecular complexity index is 737. The number of nitrogens with zero attached hydrogens (tertiary/aromatic N) is 3. The van der Waals surface area contributed by atoms with Gasteiger partial charge in [-0.25, -0.2) is 0 Å². The van der Waals surface area contributed by atoms with Crippen LogP contribution in [0.4, 0.5) is 13.2 Å². The first-order valence-corrected chi connectivity index (χ1v) is 7.33. The average Bonchev–Trinajstić information content (AvgIpc) is 3.17. The number of aryl methyl sites for hydroxylation is 1. The minimum Gasteiger partial charge on any atom is -0.331 e. The third-order valence-electron chi connectivity index (χ3n) is 3.34. The van der Waals surface area contributed by atoms with Crippen LogP contribution < -0.4 is 0 Å². The van der Waals surface area contributed by atoms with Crippen molar-refractivity contribution in [1.29, 1.82) is 0 Å². The van der Waals surface area contributed by atoms with Gasteiger partial charge in [0.15, 0.2) is 0 Å². The summed E-state index contributed by atoms with van der Waals surface area (Å²) >= 11 is 1.15. The minimum atomic E-state index is -4.45. The van der Waals surface area contributed by atoms with E-state index in [-0.39, 0.29) is 11.6 Å². The van der Waals surface area contributed by atoms with E-state index in [9.17, 15) is 18.0 Å². The van der Waals surface area contributed by atoms with E-state index in [1.165, 1.54) is 7.05 Å². The van der Waals surface area contributed by atoms with Crippen LogP contribution in [0.2, 0.25) is 0 Å². The number of amides is 1. The lowest BCUT2D eigenvalue weighted by Crippen LogP contribution is -2.27. The van der Waals surface area contributed by atoms with Gasteiger partial charge in [0.25, 0.3) is 5.91 Å². The highest BCUT2D eigenvalue weighted by atomic mass is 32.1. The first kappa shape index (κ1) is 14.8. The Balaban J connectivity index is 1.86. The van der Waals surface area contributed by atoms with Crippen molar-refractivity contribution in [3.05, 3.63) is 40.9 Å². The highest BCUT2D eigenvalue weighted by Gasteiger charge is 2.35. The highest BCUT2D eigenvalue weighted by molar-refractivity contribution is 7.17. The fourth-order valence-electron chi connectivity index (χ4n) is 2.24. The van der Waals surface area contributed by atoms with E-state index in [4.69, 9.17) is 0 Å². The summed E-state index contributed by atoms with van der Waals surface area (Å²) < 4.78 is 39.2. The van der Waals surface area contributed by atoms with Gasteiger partial charge in [0.1, 0.15) is 11.4 Å². The molecule has 0 atom stereocenters. The van der Waals surface area contributed by atoms with Gasteiger partial charge in [0, 0.05) is 20.1 Å². The molecule has 3 heterocycles. The molecule has 0 spiro atoms. The average molecular weight is 327 g/mol. The van der Waals surface area contributed by atoms with Crippen LogP contribution in [-0.4, -0.2) is 33.7 Å². The zero-order chi connectivity index (χ0) is 15.9. The van der Waals surface area contributed by atoms with Crippen molar-refractivity contribution in [2.24, 2.45) is 7.05 Å². The van der Waals surface area contributed by atoms with Gasteiger partial charge in [-0.3, -0.25) is 9.48 Å². The van der Waals surface area contributed by atoms with Gasteiger partial charge in [-0.05, 0) is 18.2 Å². The lowest BCUT2D eigenvalue weighted by Gasteiger charge is -2.13. The number of rotatable bonds is 2. The molecule has 2 aromatic heterocycles. The molecule has 8 heteroatoms. The molecule has 0 bridgehead atoms. The first-order valence-electron chi connectivity index (χ1n) is 6.52. The minimum absolute atomic E-state index is 0.117. The van der Waals surface area contributed by atoms with E-state index < -0.39 is 11.9 Å². The molecule has 0 saturated heterocycles. The van der Waals surface area contributed by atoms with E-state index in [2.05, 4.69) is 5.10 Å². The van der Waals surface area contributed by atoms with Gasteiger partial charge in [-0.15, -0.1) is 11.3 Å². The molecular formula is C14H12F3N3OS. The normalized spacial score (nSPS) is 14.8. The number of hydrogen-bond donors (Lipinski definition) is 0. The summed E-state index contributed by atoms with van der Waals surface area (Å²) in [5.74, 6) is -0.117. The summed E-state index contributed by atoms with van der Waals surface area (Å²) in [6.07, 6.45) is -0.640. The van der Waals surface area contributed by atoms with Gasteiger partial charge in [-0.2, -0.15) is 18.3 Å². The summed E-state index contributed by atoms with van der Waals surface area (Å²) in [4.78, 5) is 14.9. The highest BCUT2D eigenvalue weighted by Crippen LogP contribution is 2.34. The van der Waals surface area contributed by atoms with Crippen LogP contribution in [0.5, 0.6) is 0 Å². The topological polar surface area (TPSA) is 38.1 Å². The second-order valence-corrected chi connectivity index (χ2v) is 5.97. The van der Waals surface area contributed by atoms with Crippen molar-refractivity contribution in [3.8, 4) is 10.6 Å². The molecule has 0 N–H and O–H groups in total. The van der Waals surface area contributed by atoms with E-state index in [1.807, 2.05) is 12.2 Å². The molecule has 2 aromatic rings. The molecule has 0 aliphatic carbocycles. The fraction of sp³-hybridized carbons (Fsp3) is 0.286. The van der Waals surface area contributed by atoms with Gasteiger partial charge in [-0.1, -0.05) is 12.2 Å². The Hall–Kier alpha value is -2.09. The largest absolute Gasteiger partial charge is 0.433 e. The van der Waals surface area contributed by atoms with E-state index in [0.717, 1.165) is 22.1 Å². The van der Waals surface area contributed by atoms with Gasteiger partial charge >= 0.3 is 6.18 Å². The molecule has 0 aromatic carbocycles. The van der Waals surface area contributed by atoms with Crippen molar-refractivity contribution >= 4 is 17.2 Å². The first-order chi connectivity index (χ1) is 10.4. The second kappa shape index (κ2) is 5.28. The number of carbonyl (C=O) groups excluding carboxylic acids is 1. The maximum atomic E-state index is 12.8. The van der Waals surface area contributed by atoms with Crippen LogP contribution in [0.15, 0.2) is 30.4 Å². The van der Waals surface area contributed by atoms with Crippen LogP contribution in [0.1, 0.15) is 15.4 Å². The van der Waals surface area contributed by atoms with Gasteiger partial charge < -0.3 is 4.90 Å². The van der Waals surface area contributed by atoms with Crippen LogP contribution >= 0.6 is 11.3 Å². The number of halogens is 3. The Labute approximate surface area is 128 Å². The molecule has 0 saturated carbocycles. The van der Waals surface area contributed by atoms with E-state index >= 15 is 0 Å². The lowest BCUT2D eigenvalue weighted by molar-refractivity contribution is -0.143. The lowest BCUT2D eigenvalue weighted by atomic mass is 10.3. The predicted octanol–water partition coefficient (Wildman–Crippen LogP) is 3.18. The summed E-state index contributed by atoms with van der Waals surface area (Å²) in [7, 11) is 1.25. The molecule has 1 amide bonds. The number of thiophene rings is 1. The van der Waals surface area contributed by atoms with Crippen molar-refractivity contribution in [2.75, 3.05) is 13.1 Å². The van der Waals surface area contributed by atoms with Crippen LogP contribution in [-0.2, 0) is 13.2 Å². The molecule has 4 nitrogen and oxygen atoms in total. The fourth-order valence-corrected chi connectivity index (χ4v) is 3.17. The number of carbonyl (C=O) groups is 1. The summed E-state index contributed by atoms with van der Waals surface area (Å²) in [5.41, 5.74) is -0.592. The Morgan fingerprint density at radius 3 is 2.55 bits per heavy atom. The molecule has 1 aliphatic heterocycles. The third kappa shape index (κ3) is 2.66. The smallest absolute Gasteiger partial charge is 0.331 e. The Morgan fingerprint density at radius 2 is 1.95 bits per heavy atom. The number of alkyl halides is 3. The molecule has 1 aliphatic rings. The Morgan fingerprint density at radius 1 is 1.27 bits per heavy atom. The molecule has 22 heavy (non-hydrogen) atoms. The maximum absolute atomic E-state index is 12.8. The zero-order valence-electron chi connectivity index (χ0n) is 11.6. The van der Waals surface area contributed by atoms with Crippen molar-refractivity contribution in [3.63, 3.8) is 0 Å². The van der Waals surface area contributed by atoms with Gasteiger partial charge in [0.2, 0.25) is 0 Å². The van der Waals surface area contributed by atoms with Crippen LogP contribution in [0.25, 0.3) is 10.6 Å². The Kier molecular flexibility index (Phi) is 3.56. The molecule has 3 rings (SSSR count). The van der Waals surface area contributed by atoms with Crippen LogP contribution in [0, 0.1) is 0 Å². The standard InChI is InChI=1S/C14H12F3N3OS/c1-19-12(14(15,16)17)8-9(18-19)10-4-5-11(22-10)13(21)20-6-2-3-7-20/h2-5,8H,6-7H2,1H3. The van der Waals surface area contributed by atoms with Gasteiger partial charge in [0.05, 0.1) is 9.75 Å². The second-order valence-electron chi connectivity index (χ2n) is 4.88. The van der Waals surface area contributed by atoms with Crippen molar-refractivity contribution < 1.29 is 18.0 Å². The quantitative estimate of drug-likeness (QED) is 0.795. The zero-order valence-corrected chi connectivity index (χ0v) is 12.4. The molecular weight excluding hydrogens is 315 g/mol. The number of hydrogen-bond acceptors (Lipinski definition) is 3. The van der Waals surface area contributed by atoms with Crippen molar-refractivity contribution in [1.82, 2.24) is 14.7 Å². The van der Waals surface area contributed by atoms with Crippen molar-refractivity contribution in [2.45, 2.75) is 6.18 Å². The summed E-state index contributed by atoms with van der Waals surface area (Å²) in [6, 6.07) is 4.25. The summed E-state index contributed by atoms with van der Waals surface area (Å²) in [6.45, 7) is 1.13. The maximum Gasteiger partial charge on any atom is 0.433 e. The predicted molar refractivity (Wildman–Crippen MR) is 76.6 cm³/mol. The third-order valence-corrected chi connectivity index (χ3v) is 4.44. The molecule has 0 radical (unpaired) electrons. The van der Waals surface area contributed by atoms with E-state index in [0.29, 0.717) is 22.8 Å². The number of aromatic nitrogens is 2. The molecule has 0 unspecified atom stereocenters. The SMILES string of the molecule is Cn1nc(-c2ccc(C(=O)N3CC=CC3)s2)cc1C(F)(F)F. The molecule has 0 fully saturated rings. The van der Waals surface area contributed by atoms with E-state index in [1.54, 1.807) is 17.0 Å². The molecule has 116 valence electrons. The summed E-state index contributed by atoms with van der Waals surface area (Å²) in [5, 5.41) is 3.89. The monoisotopic (exact) mass is 327 g/mol.